The molecule has 0 saturated heterocycles. The average molecular weight is 367 g/mol. The molecule has 2 aromatic rings. The van der Waals surface area contributed by atoms with Gasteiger partial charge in [-0.2, -0.15) is 0 Å². The van der Waals surface area contributed by atoms with Gasteiger partial charge in [-0.15, -0.1) is 0 Å². The van der Waals surface area contributed by atoms with Crippen LogP contribution in [0.1, 0.15) is 36.6 Å². The van der Waals surface area contributed by atoms with E-state index in [1.807, 2.05) is 0 Å². The maximum Gasteiger partial charge on any atom is 0.274 e. The van der Waals surface area contributed by atoms with Crippen molar-refractivity contribution < 1.29 is 4.79 Å². The van der Waals surface area contributed by atoms with Crippen molar-refractivity contribution in [2.45, 2.75) is 27.2 Å². The maximum absolute atomic E-state index is 12.5. The highest BCUT2D eigenvalue weighted by molar-refractivity contribution is 6.40. The van der Waals surface area contributed by atoms with E-state index in [9.17, 15) is 4.79 Å². The van der Waals surface area contributed by atoms with Crippen LogP contribution in [0.4, 0.5) is 11.5 Å². The summed E-state index contributed by atoms with van der Waals surface area (Å²) in [6.45, 7) is 6.83. The molecule has 0 unspecified atom stereocenters. The molecule has 0 fully saturated rings. The normalized spacial score (nSPS) is 10.8. The van der Waals surface area contributed by atoms with Crippen LogP contribution in [-0.2, 0) is 0 Å². The number of nitrogens with one attached hydrogen (secondary N) is 2. The number of carbonyl (C=O) groups is 1. The number of nitrogens with zero attached hydrogens (tertiary/aromatic N) is 2. The van der Waals surface area contributed by atoms with Gasteiger partial charge in [-0.05, 0) is 31.4 Å². The second-order valence-electron chi connectivity index (χ2n) is 5.85. The van der Waals surface area contributed by atoms with E-state index in [0.717, 1.165) is 13.0 Å². The van der Waals surface area contributed by atoms with E-state index in [0.29, 0.717) is 33.3 Å². The fourth-order valence-electron chi connectivity index (χ4n) is 2.06. The van der Waals surface area contributed by atoms with Crippen LogP contribution in [0.3, 0.4) is 0 Å². The van der Waals surface area contributed by atoms with E-state index in [2.05, 4.69) is 34.4 Å². The summed E-state index contributed by atoms with van der Waals surface area (Å²) in [5.74, 6) is 1.34. The van der Waals surface area contributed by atoms with Gasteiger partial charge in [-0.3, -0.25) is 4.79 Å². The number of rotatable bonds is 6. The van der Waals surface area contributed by atoms with Crippen molar-refractivity contribution in [2.24, 2.45) is 5.92 Å². The fraction of sp³-hybridized carbons (Fsp3) is 0.353. The number of benzene rings is 1. The zero-order valence-corrected chi connectivity index (χ0v) is 15.4. The lowest BCUT2D eigenvalue weighted by molar-refractivity contribution is 0.102. The van der Waals surface area contributed by atoms with Gasteiger partial charge in [0.05, 0.1) is 15.7 Å². The zero-order chi connectivity index (χ0) is 17.7. The number of aromatic nitrogens is 2. The Bertz CT molecular complexity index is 714. The molecule has 2 rings (SSSR count). The van der Waals surface area contributed by atoms with Crippen molar-refractivity contribution in [2.75, 3.05) is 17.2 Å². The van der Waals surface area contributed by atoms with Crippen LogP contribution in [0, 0.1) is 12.8 Å². The molecule has 0 atom stereocenters. The van der Waals surface area contributed by atoms with Crippen molar-refractivity contribution in [3.63, 3.8) is 0 Å². The number of para-hydroxylation sites is 1. The molecule has 7 heteroatoms. The number of anilines is 2. The van der Waals surface area contributed by atoms with Gasteiger partial charge in [-0.25, -0.2) is 9.97 Å². The van der Waals surface area contributed by atoms with Gasteiger partial charge < -0.3 is 10.6 Å². The molecular formula is C17H20Cl2N4O. The van der Waals surface area contributed by atoms with Crippen LogP contribution in [0.15, 0.2) is 24.3 Å². The summed E-state index contributed by atoms with van der Waals surface area (Å²) >= 11 is 12.2. The molecule has 0 saturated carbocycles. The molecule has 1 aromatic carbocycles. The van der Waals surface area contributed by atoms with E-state index >= 15 is 0 Å². The lowest BCUT2D eigenvalue weighted by Gasteiger charge is -2.11. The van der Waals surface area contributed by atoms with Gasteiger partial charge in [0.25, 0.3) is 5.91 Å². The first-order chi connectivity index (χ1) is 11.4. The van der Waals surface area contributed by atoms with Gasteiger partial charge in [0.15, 0.2) is 0 Å². The largest absolute Gasteiger partial charge is 0.370 e. The minimum Gasteiger partial charge on any atom is -0.370 e. The highest BCUT2D eigenvalue weighted by atomic mass is 35.5. The van der Waals surface area contributed by atoms with Gasteiger partial charge in [0, 0.05) is 12.6 Å². The highest BCUT2D eigenvalue weighted by Gasteiger charge is 2.14. The minimum absolute atomic E-state index is 0.255. The SMILES string of the molecule is Cc1nc(NCCC(C)C)cc(C(=O)Nc2c(Cl)cccc2Cl)n1. The summed E-state index contributed by atoms with van der Waals surface area (Å²) in [4.78, 5) is 20.9. The summed E-state index contributed by atoms with van der Waals surface area (Å²) in [5.41, 5.74) is 0.627. The van der Waals surface area contributed by atoms with Crippen molar-refractivity contribution >= 4 is 40.6 Å². The molecule has 0 aliphatic carbocycles. The molecule has 0 aliphatic heterocycles. The molecular weight excluding hydrogens is 347 g/mol. The molecule has 24 heavy (non-hydrogen) atoms. The molecule has 5 nitrogen and oxygen atoms in total. The Hall–Kier alpha value is -1.85. The van der Waals surface area contributed by atoms with Crippen LogP contribution in [0.25, 0.3) is 0 Å². The van der Waals surface area contributed by atoms with Gasteiger partial charge >= 0.3 is 0 Å². The summed E-state index contributed by atoms with van der Waals surface area (Å²) in [7, 11) is 0. The Labute approximate surface area is 151 Å². The molecule has 0 radical (unpaired) electrons. The predicted molar refractivity (Wildman–Crippen MR) is 99.1 cm³/mol. The Kier molecular flexibility index (Phi) is 6.40. The summed E-state index contributed by atoms with van der Waals surface area (Å²) < 4.78 is 0. The molecule has 1 amide bonds. The summed E-state index contributed by atoms with van der Waals surface area (Å²) in [6, 6.07) is 6.65. The second kappa shape index (κ2) is 8.31. The maximum atomic E-state index is 12.5. The topological polar surface area (TPSA) is 66.9 Å². The average Bonchev–Trinajstić information content (AvgIpc) is 2.50. The summed E-state index contributed by atoms with van der Waals surface area (Å²) in [6.07, 6.45) is 1.01. The Balaban J connectivity index is 2.15. The van der Waals surface area contributed by atoms with E-state index in [1.54, 1.807) is 31.2 Å². The lowest BCUT2D eigenvalue weighted by atomic mass is 10.1. The van der Waals surface area contributed by atoms with Gasteiger partial charge in [0.1, 0.15) is 17.3 Å². The van der Waals surface area contributed by atoms with Crippen molar-refractivity contribution in [1.29, 1.82) is 0 Å². The molecule has 0 bridgehead atoms. The molecule has 128 valence electrons. The van der Waals surface area contributed by atoms with Crippen molar-refractivity contribution in [3.8, 4) is 0 Å². The second-order valence-corrected chi connectivity index (χ2v) is 6.66. The fourth-order valence-corrected chi connectivity index (χ4v) is 2.55. The van der Waals surface area contributed by atoms with Crippen molar-refractivity contribution in [1.82, 2.24) is 9.97 Å². The number of hydrogen-bond acceptors (Lipinski definition) is 4. The van der Waals surface area contributed by atoms with Crippen LogP contribution >= 0.6 is 23.2 Å². The number of hydrogen-bond donors (Lipinski definition) is 2. The minimum atomic E-state index is -0.387. The smallest absolute Gasteiger partial charge is 0.274 e. The highest BCUT2D eigenvalue weighted by Crippen LogP contribution is 2.30. The molecule has 1 heterocycles. The predicted octanol–water partition coefficient (Wildman–Crippen LogP) is 4.80. The van der Waals surface area contributed by atoms with Crippen LogP contribution < -0.4 is 10.6 Å². The molecule has 0 spiro atoms. The Morgan fingerprint density at radius 3 is 2.50 bits per heavy atom. The van der Waals surface area contributed by atoms with Crippen LogP contribution in [0.5, 0.6) is 0 Å². The quantitative estimate of drug-likeness (QED) is 0.770. The third kappa shape index (κ3) is 5.08. The first kappa shape index (κ1) is 18.5. The van der Waals surface area contributed by atoms with E-state index < -0.39 is 0 Å². The Morgan fingerprint density at radius 2 is 1.88 bits per heavy atom. The summed E-state index contributed by atoms with van der Waals surface area (Å²) in [5, 5.41) is 6.66. The first-order valence-electron chi connectivity index (χ1n) is 7.71. The van der Waals surface area contributed by atoms with Crippen LogP contribution in [-0.4, -0.2) is 22.4 Å². The number of halogens is 2. The zero-order valence-electron chi connectivity index (χ0n) is 13.9. The van der Waals surface area contributed by atoms with E-state index in [-0.39, 0.29) is 11.6 Å². The number of aryl methyl sites for hydroxylation is 1. The van der Waals surface area contributed by atoms with Crippen LogP contribution in [0.2, 0.25) is 10.0 Å². The standard InChI is InChI=1S/C17H20Cl2N4O/c1-10(2)7-8-20-15-9-14(21-11(3)22-15)17(24)23-16-12(18)5-4-6-13(16)19/h4-6,9-10H,7-8H2,1-3H3,(H,23,24)(H,20,21,22). The Morgan fingerprint density at radius 1 is 1.21 bits per heavy atom. The van der Waals surface area contributed by atoms with E-state index in [1.165, 1.54) is 0 Å². The molecule has 2 N–H and O–H groups in total. The molecule has 0 aliphatic rings. The third-order valence-electron chi connectivity index (χ3n) is 3.30. The van der Waals surface area contributed by atoms with Gasteiger partial charge in [-0.1, -0.05) is 43.1 Å². The van der Waals surface area contributed by atoms with Gasteiger partial charge in [0.2, 0.25) is 0 Å². The first-order valence-corrected chi connectivity index (χ1v) is 8.47. The number of amides is 1. The van der Waals surface area contributed by atoms with E-state index in [4.69, 9.17) is 23.2 Å². The monoisotopic (exact) mass is 366 g/mol. The van der Waals surface area contributed by atoms with Crippen molar-refractivity contribution in [3.05, 3.63) is 45.8 Å². The molecule has 1 aromatic heterocycles. The number of carbonyl (C=O) groups excluding carboxylic acids is 1. The lowest BCUT2D eigenvalue weighted by Crippen LogP contribution is -2.16. The third-order valence-corrected chi connectivity index (χ3v) is 3.93.